The molecule has 0 spiro atoms. The van der Waals surface area contributed by atoms with E-state index in [1.165, 1.54) is 11.1 Å². The number of hydrogen-bond donors (Lipinski definition) is 1. The third kappa shape index (κ3) is 7.68. The van der Waals surface area contributed by atoms with Crippen LogP contribution in [-0.4, -0.2) is 43.1 Å². The SMILES string of the molecule is COc1ccc(CC[Si](C)(C)O[Si](C)(C)CCc2ccc(OC)c(OC)c2)cc1CO. The molecule has 0 aliphatic carbocycles. The van der Waals surface area contributed by atoms with Gasteiger partial charge in [0.2, 0.25) is 0 Å². The quantitative estimate of drug-likeness (QED) is 0.427. The summed E-state index contributed by atoms with van der Waals surface area (Å²) in [6, 6.07) is 14.3. The number of hydrogen-bond acceptors (Lipinski definition) is 5. The van der Waals surface area contributed by atoms with Crippen LogP contribution in [0.2, 0.25) is 38.3 Å². The third-order valence-electron chi connectivity index (χ3n) is 5.55. The Morgan fingerprint density at radius 2 is 1.16 bits per heavy atom. The Morgan fingerprint density at radius 3 is 1.65 bits per heavy atom. The number of aryl methyl sites for hydroxylation is 2. The van der Waals surface area contributed by atoms with Crippen LogP contribution in [0.25, 0.3) is 0 Å². The van der Waals surface area contributed by atoms with Crippen molar-refractivity contribution in [3.8, 4) is 17.2 Å². The number of ether oxygens (including phenoxy) is 3. The Labute approximate surface area is 189 Å². The van der Waals surface area contributed by atoms with Crippen molar-refractivity contribution >= 4 is 16.6 Å². The number of methoxy groups -OCH3 is 3. The minimum absolute atomic E-state index is 0.00950. The fourth-order valence-electron chi connectivity index (χ4n) is 3.89. The smallest absolute Gasteiger partial charge is 0.173 e. The molecular formula is C24H38O5Si2. The molecule has 0 bridgehead atoms. The van der Waals surface area contributed by atoms with Gasteiger partial charge in [0.15, 0.2) is 28.1 Å². The summed E-state index contributed by atoms with van der Waals surface area (Å²) in [6.45, 7) is 9.26. The van der Waals surface area contributed by atoms with Gasteiger partial charge in [-0.05, 0) is 86.5 Å². The van der Waals surface area contributed by atoms with E-state index < -0.39 is 16.6 Å². The van der Waals surface area contributed by atoms with Gasteiger partial charge in [-0.25, -0.2) is 0 Å². The summed E-state index contributed by atoms with van der Waals surface area (Å²) in [6.07, 6.45) is 1.93. The van der Waals surface area contributed by atoms with Crippen molar-refractivity contribution < 1.29 is 23.4 Å². The standard InChI is InChI=1S/C24H38O5Si2/c1-26-22-10-8-19(16-21(22)18-25)12-14-30(4,5)29-31(6,7)15-13-20-9-11-23(27-2)24(17-20)28-3/h8-11,16-17,25H,12-15,18H2,1-7H3. The first-order valence-corrected chi connectivity index (χ1v) is 17.0. The molecule has 0 unspecified atom stereocenters. The molecule has 31 heavy (non-hydrogen) atoms. The number of aliphatic hydroxyl groups excluding tert-OH is 1. The molecular weight excluding hydrogens is 424 g/mol. The average molecular weight is 463 g/mol. The van der Waals surface area contributed by atoms with Gasteiger partial charge >= 0.3 is 0 Å². The summed E-state index contributed by atoms with van der Waals surface area (Å²) in [5, 5.41) is 9.56. The van der Waals surface area contributed by atoms with Crippen molar-refractivity contribution in [2.45, 2.75) is 57.7 Å². The Balaban J connectivity index is 1.95. The van der Waals surface area contributed by atoms with Gasteiger partial charge in [0.25, 0.3) is 0 Å². The summed E-state index contributed by atoms with van der Waals surface area (Å²) in [5.41, 5.74) is 3.31. The monoisotopic (exact) mass is 462 g/mol. The molecule has 2 aromatic carbocycles. The zero-order valence-corrected chi connectivity index (χ0v) is 22.1. The third-order valence-corrected chi connectivity index (χ3v) is 12.9. The van der Waals surface area contributed by atoms with E-state index in [-0.39, 0.29) is 6.61 Å². The second kappa shape index (κ2) is 11.2. The lowest BCUT2D eigenvalue weighted by molar-refractivity contribution is 0.273. The number of aliphatic hydroxyl groups is 1. The molecule has 2 aromatic rings. The van der Waals surface area contributed by atoms with Crippen LogP contribution in [0.5, 0.6) is 17.2 Å². The zero-order chi connectivity index (χ0) is 23.1. The maximum absolute atomic E-state index is 9.56. The van der Waals surface area contributed by atoms with Crippen molar-refractivity contribution in [1.29, 1.82) is 0 Å². The molecule has 0 saturated carbocycles. The lowest BCUT2D eigenvalue weighted by Crippen LogP contribution is -2.44. The zero-order valence-electron chi connectivity index (χ0n) is 20.1. The van der Waals surface area contributed by atoms with E-state index in [1.807, 2.05) is 18.2 Å². The van der Waals surface area contributed by atoms with Crippen molar-refractivity contribution in [2.24, 2.45) is 0 Å². The van der Waals surface area contributed by atoms with Gasteiger partial charge in [-0.1, -0.05) is 12.1 Å². The maximum Gasteiger partial charge on any atom is 0.173 e. The van der Waals surface area contributed by atoms with Gasteiger partial charge < -0.3 is 23.4 Å². The van der Waals surface area contributed by atoms with Crippen LogP contribution in [0.3, 0.4) is 0 Å². The molecule has 0 amide bonds. The van der Waals surface area contributed by atoms with Crippen LogP contribution in [0.1, 0.15) is 16.7 Å². The van der Waals surface area contributed by atoms with Crippen molar-refractivity contribution in [3.05, 3.63) is 53.1 Å². The molecule has 0 aliphatic heterocycles. The first kappa shape index (κ1) is 25.5. The van der Waals surface area contributed by atoms with Gasteiger partial charge in [0.1, 0.15) is 5.75 Å². The molecule has 0 fully saturated rings. The van der Waals surface area contributed by atoms with Crippen LogP contribution in [0.15, 0.2) is 36.4 Å². The van der Waals surface area contributed by atoms with Gasteiger partial charge in [-0.15, -0.1) is 0 Å². The van der Waals surface area contributed by atoms with Gasteiger partial charge in [0.05, 0.1) is 27.9 Å². The Bertz CT molecular complexity index is 782. The molecule has 7 heteroatoms. The highest BCUT2D eigenvalue weighted by atomic mass is 28.4. The van der Waals surface area contributed by atoms with E-state index >= 15 is 0 Å². The molecule has 1 N–H and O–H groups in total. The van der Waals surface area contributed by atoms with Crippen LogP contribution < -0.4 is 14.2 Å². The van der Waals surface area contributed by atoms with Crippen LogP contribution in [0, 0.1) is 0 Å². The summed E-state index contributed by atoms with van der Waals surface area (Å²) < 4.78 is 22.9. The second-order valence-electron chi connectivity index (χ2n) is 9.12. The normalized spacial score (nSPS) is 12.0. The molecule has 5 nitrogen and oxygen atoms in total. The summed E-state index contributed by atoms with van der Waals surface area (Å²) in [5.74, 6) is 2.27. The van der Waals surface area contributed by atoms with E-state index in [4.69, 9.17) is 18.3 Å². The van der Waals surface area contributed by atoms with Gasteiger partial charge in [0, 0.05) is 5.56 Å². The van der Waals surface area contributed by atoms with Gasteiger partial charge in [-0.3, -0.25) is 0 Å². The Hall–Kier alpha value is -1.81. The van der Waals surface area contributed by atoms with E-state index in [0.717, 1.165) is 47.7 Å². The van der Waals surface area contributed by atoms with Crippen molar-refractivity contribution in [2.75, 3.05) is 21.3 Å². The van der Waals surface area contributed by atoms with Crippen molar-refractivity contribution in [1.82, 2.24) is 0 Å². The summed E-state index contributed by atoms with van der Waals surface area (Å²) in [7, 11) is 1.33. The lowest BCUT2D eigenvalue weighted by atomic mass is 10.1. The van der Waals surface area contributed by atoms with E-state index in [2.05, 4.69) is 44.4 Å². The maximum atomic E-state index is 9.56. The van der Waals surface area contributed by atoms with E-state index in [1.54, 1.807) is 21.3 Å². The molecule has 0 radical (unpaired) electrons. The Morgan fingerprint density at radius 1 is 0.677 bits per heavy atom. The predicted molar refractivity (Wildman–Crippen MR) is 132 cm³/mol. The highest BCUT2D eigenvalue weighted by Gasteiger charge is 2.32. The van der Waals surface area contributed by atoms with E-state index in [9.17, 15) is 5.11 Å². The molecule has 0 heterocycles. The summed E-state index contributed by atoms with van der Waals surface area (Å²) in [4.78, 5) is 0. The first-order valence-electron chi connectivity index (χ1n) is 10.8. The largest absolute Gasteiger partial charge is 0.496 e. The predicted octanol–water partition coefficient (Wildman–Crippen LogP) is 5.42. The Kier molecular flexibility index (Phi) is 9.18. The molecule has 0 aromatic heterocycles. The molecule has 0 atom stereocenters. The number of rotatable bonds is 12. The fourth-order valence-corrected chi connectivity index (χ4v) is 12.5. The highest BCUT2D eigenvalue weighted by molar-refractivity contribution is 6.84. The van der Waals surface area contributed by atoms with E-state index in [0.29, 0.717) is 0 Å². The average Bonchev–Trinajstić information content (AvgIpc) is 2.75. The van der Waals surface area contributed by atoms with Crippen LogP contribution >= 0.6 is 0 Å². The fraction of sp³-hybridized carbons (Fsp3) is 0.500. The van der Waals surface area contributed by atoms with Crippen LogP contribution in [-0.2, 0) is 23.6 Å². The number of benzene rings is 2. The van der Waals surface area contributed by atoms with Gasteiger partial charge in [-0.2, -0.15) is 0 Å². The summed E-state index contributed by atoms with van der Waals surface area (Å²) >= 11 is 0. The molecule has 172 valence electrons. The molecule has 2 rings (SSSR count). The van der Waals surface area contributed by atoms with Crippen LogP contribution in [0.4, 0.5) is 0 Å². The first-order chi connectivity index (χ1) is 14.6. The second-order valence-corrected chi connectivity index (χ2v) is 18.0. The minimum atomic E-state index is -1.82. The lowest BCUT2D eigenvalue weighted by Gasteiger charge is -2.34. The topological polar surface area (TPSA) is 57.2 Å². The minimum Gasteiger partial charge on any atom is -0.496 e. The van der Waals surface area contributed by atoms with Crippen molar-refractivity contribution in [3.63, 3.8) is 0 Å². The molecule has 0 aliphatic rings. The highest BCUT2D eigenvalue weighted by Crippen LogP contribution is 2.30. The molecule has 0 saturated heterocycles.